The van der Waals surface area contributed by atoms with E-state index in [9.17, 15) is 9.59 Å². The lowest BCUT2D eigenvalue weighted by atomic mass is 10.3. The van der Waals surface area contributed by atoms with Crippen molar-refractivity contribution < 1.29 is 9.59 Å². The van der Waals surface area contributed by atoms with Crippen LogP contribution in [0.3, 0.4) is 0 Å². The zero-order valence-corrected chi connectivity index (χ0v) is 8.04. The molecule has 0 aromatic rings. The maximum Gasteiger partial charge on any atom is 0.317 e. The molecule has 0 aromatic heterocycles. The second-order valence-electron chi connectivity index (χ2n) is 3.26. The number of urea groups is 1. The van der Waals surface area contributed by atoms with Gasteiger partial charge in [0.25, 0.3) is 0 Å². The number of hydrogen-bond acceptors (Lipinski definition) is 2. The normalized spacial score (nSPS) is 15.8. The summed E-state index contributed by atoms with van der Waals surface area (Å²) in [5.74, 6) is 0.0553. The second kappa shape index (κ2) is 4.11. The third kappa shape index (κ3) is 2.61. The number of carbonyl (C=O) groups is 2. The summed E-state index contributed by atoms with van der Waals surface area (Å²) in [6.07, 6.45) is 0.403. The van der Waals surface area contributed by atoms with E-state index in [0.717, 1.165) is 0 Å². The molecule has 1 rings (SSSR count). The van der Waals surface area contributed by atoms with Crippen LogP contribution in [0, 0.1) is 0 Å². The van der Waals surface area contributed by atoms with Crippen LogP contribution in [-0.2, 0) is 4.79 Å². The molecule has 1 aliphatic rings. The minimum Gasteiger partial charge on any atom is -0.349 e. The summed E-state index contributed by atoms with van der Waals surface area (Å²) < 4.78 is 0. The Morgan fingerprint density at radius 1 is 1.62 bits per heavy atom. The molecule has 1 N–H and O–H groups in total. The standard InChI is InChI=1S/C8H15N3O2/c1-10(2)7(12)3-5-11-6-4-9-8(11)13/h3-6H2,1-2H3,(H,9,13). The number of rotatable bonds is 3. The van der Waals surface area contributed by atoms with E-state index in [0.29, 0.717) is 26.1 Å². The van der Waals surface area contributed by atoms with Crippen molar-refractivity contribution in [2.75, 3.05) is 33.7 Å². The highest BCUT2D eigenvalue weighted by Crippen LogP contribution is 1.99. The minimum atomic E-state index is -0.0634. The molecule has 1 saturated heterocycles. The molecule has 5 heteroatoms. The Morgan fingerprint density at radius 2 is 2.31 bits per heavy atom. The van der Waals surface area contributed by atoms with Gasteiger partial charge in [0.05, 0.1) is 0 Å². The quantitative estimate of drug-likeness (QED) is 0.644. The molecule has 0 atom stereocenters. The Labute approximate surface area is 77.7 Å². The third-order valence-corrected chi connectivity index (χ3v) is 2.04. The molecular weight excluding hydrogens is 170 g/mol. The summed E-state index contributed by atoms with van der Waals surface area (Å²) in [5.41, 5.74) is 0. The summed E-state index contributed by atoms with van der Waals surface area (Å²) in [7, 11) is 3.43. The third-order valence-electron chi connectivity index (χ3n) is 2.04. The minimum absolute atomic E-state index is 0.0553. The van der Waals surface area contributed by atoms with Crippen molar-refractivity contribution in [2.45, 2.75) is 6.42 Å². The summed E-state index contributed by atoms with van der Waals surface area (Å²) >= 11 is 0. The zero-order chi connectivity index (χ0) is 9.84. The fourth-order valence-electron chi connectivity index (χ4n) is 1.18. The van der Waals surface area contributed by atoms with Crippen LogP contribution in [0.4, 0.5) is 4.79 Å². The predicted molar refractivity (Wildman–Crippen MR) is 48.3 cm³/mol. The average molecular weight is 185 g/mol. The monoisotopic (exact) mass is 185 g/mol. The maximum absolute atomic E-state index is 11.2. The molecule has 1 aliphatic heterocycles. The zero-order valence-electron chi connectivity index (χ0n) is 8.04. The summed E-state index contributed by atoms with van der Waals surface area (Å²) in [5, 5.41) is 2.68. The number of carbonyl (C=O) groups excluding carboxylic acids is 2. The van der Waals surface area contributed by atoms with Gasteiger partial charge in [-0.15, -0.1) is 0 Å². The predicted octanol–water partition coefficient (Wildman–Crippen LogP) is -0.510. The first-order chi connectivity index (χ1) is 6.11. The van der Waals surface area contributed by atoms with Crippen molar-refractivity contribution in [2.24, 2.45) is 0 Å². The molecule has 0 aliphatic carbocycles. The van der Waals surface area contributed by atoms with Crippen LogP contribution in [0.1, 0.15) is 6.42 Å². The number of nitrogens with zero attached hydrogens (tertiary/aromatic N) is 2. The molecule has 5 nitrogen and oxygen atoms in total. The molecule has 1 heterocycles. The van der Waals surface area contributed by atoms with E-state index in [-0.39, 0.29) is 11.9 Å². The van der Waals surface area contributed by atoms with Crippen LogP contribution >= 0.6 is 0 Å². The fourth-order valence-corrected chi connectivity index (χ4v) is 1.18. The molecule has 0 unspecified atom stereocenters. The van der Waals surface area contributed by atoms with E-state index in [1.807, 2.05) is 0 Å². The SMILES string of the molecule is CN(C)C(=O)CCN1CCNC1=O. The van der Waals surface area contributed by atoms with Gasteiger partial charge in [-0.3, -0.25) is 4.79 Å². The van der Waals surface area contributed by atoms with Crippen LogP contribution < -0.4 is 5.32 Å². The molecule has 0 radical (unpaired) electrons. The highest BCUT2D eigenvalue weighted by Gasteiger charge is 2.19. The molecule has 0 aromatic carbocycles. The van der Waals surface area contributed by atoms with Gasteiger partial charge in [0.1, 0.15) is 0 Å². The van der Waals surface area contributed by atoms with Gasteiger partial charge in [0.15, 0.2) is 0 Å². The smallest absolute Gasteiger partial charge is 0.317 e. The van der Waals surface area contributed by atoms with Gasteiger partial charge in [-0.25, -0.2) is 4.79 Å². The van der Waals surface area contributed by atoms with E-state index in [1.54, 1.807) is 19.0 Å². The summed E-state index contributed by atoms with van der Waals surface area (Å²) in [4.78, 5) is 25.4. The number of amides is 3. The largest absolute Gasteiger partial charge is 0.349 e. The van der Waals surface area contributed by atoms with Crippen molar-refractivity contribution in [1.82, 2.24) is 15.1 Å². The van der Waals surface area contributed by atoms with Gasteiger partial charge in [-0.1, -0.05) is 0 Å². The van der Waals surface area contributed by atoms with E-state index in [1.165, 1.54) is 4.90 Å². The van der Waals surface area contributed by atoms with E-state index in [2.05, 4.69) is 5.32 Å². The van der Waals surface area contributed by atoms with Gasteiger partial charge < -0.3 is 15.1 Å². The number of nitrogens with one attached hydrogen (secondary N) is 1. The van der Waals surface area contributed by atoms with Crippen molar-refractivity contribution in [3.8, 4) is 0 Å². The van der Waals surface area contributed by atoms with Crippen LogP contribution in [0.15, 0.2) is 0 Å². The summed E-state index contributed by atoms with van der Waals surface area (Å²) in [6.45, 7) is 1.91. The Balaban J connectivity index is 2.26. The van der Waals surface area contributed by atoms with Gasteiger partial charge in [0.2, 0.25) is 5.91 Å². The van der Waals surface area contributed by atoms with E-state index >= 15 is 0 Å². The Bertz CT molecular complexity index is 215. The van der Waals surface area contributed by atoms with Gasteiger partial charge >= 0.3 is 6.03 Å². The molecular formula is C8H15N3O2. The van der Waals surface area contributed by atoms with Crippen LogP contribution in [-0.4, -0.2) is 55.5 Å². The second-order valence-corrected chi connectivity index (χ2v) is 3.26. The molecule has 74 valence electrons. The van der Waals surface area contributed by atoms with Crippen molar-refractivity contribution >= 4 is 11.9 Å². The first kappa shape index (κ1) is 9.83. The van der Waals surface area contributed by atoms with Gasteiger partial charge in [-0.2, -0.15) is 0 Å². The van der Waals surface area contributed by atoms with Crippen LogP contribution in [0.5, 0.6) is 0 Å². The Hall–Kier alpha value is -1.26. The van der Waals surface area contributed by atoms with Crippen molar-refractivity contribution in [1.29, 1.82) is 0 Å². The van der Waals surface area contributed by atoms with E-state index < -0.39 is 0 Å². The molecule has 13 heavy (non-hydrogen) atoms. The van der Waals surface area contributed by atoms with Crippen molar-refractivity contribution in [3.05, 3.63) is 0 Å². The van der Waals surface area contributed by atoms with Crippen LogP contribution in [0.2, 0.25) is 0 Å². The topological polar surface area (TPSA) is 52.7 Å². The lowest BCUT2D eigenvalue weighted by Crippen LogP contribution is -2.32. The molecule has 0 spiro atoms. The Morgan fingerprint density at radius 3 is 2.77 bits per heavy atom. The highest BCUT2D eigenvalue weighted by atomic mass is 16.2. The first-order valence-corrected chi connectivity index (χ1v) is 4.34. The lowest BCUT2D eigenvalue weighted by molar-refractivity contribution is -0.128. The first-order valence-electron chi connectivity index (χ1n) is 4.34. The van der Waals surface area contributed by atoms with Crippen LogP contribution in [0.25, 0.3) is 0 Å². The molecule has 3 amide bonds. The molecule has 0 saturated carbocycles. The highest BCUT2D eigenvalue weighted by molar-refractivity contribution is 5.78. The molecule has 1 fully saturated rings. The van der Waals surface area contributed by atoms with E-state index in [4.69, 9.17) is 0 Å². The fraction of sp³-hybridized carbons (Fsp3) is 0.750. The van der Waals surface area contributed by atoms with Crippen molar-refractivity contribution in [3.63, 3.8) is 0 Å². The van der Waals surface area contributed by atoms with Gasteiger partial charge in [-0.05, 0) is 0 Å². The Kier molecular flexibility index (Phi) is 3.11. The van der Waals surface area contributed by atoms with Gasteiger partial charge in [0, 0.05) is 40.2 Å². The molecule has 0 bridgehead atoms. The number of hydrogen-bond donors (Lipinski definition) is 1. The lowest BCUT2D eigenvalue weighted by Gasteiger charge is -2.15. The summed E-state index contributed by atoms with van der Waals surface area (Å²) in [6, 6.07) is -0.0634. The average Bonchev–Trinajstić information content (AvgIpc) is 2.47. The maximum atomic E-state index is 11.2.